The van der Waals surface area contributed by atoms with Gasteiger partial charge in [-0.15, -0.1) is 5.10 Å². The molecular formula is C52H55N3O12. The third-order valence-corrected chi connectivity index (χ3v) is 11.6. The topological polar surface area (TPSA) is 179 Å². The van der Waals surface area contributed by atoms with Gasteiger partial charge in [-0.25, -0.2) is 4.68 Å². The van der Waals surface area contributed by atoms with E-state index in [0.29, 0.717) is 30.2 Å². The molecule has 0 aliphatic carbocycles. The predicted molar refractivity (Wildman–Crippen MR) is 242 cm³/mol. The largest absolute Gasteiger partial charge is 0.463 e. The Kier molecular flexibility index (Phi) is 16.3. The average molecular weight is 914 g/mol. The molecule has 2 aliphatic heterocycles. The van der Waals surface area contributed by atoms with E-state index < -0.39 is 73.0 Å². The number of rotatable bonds is 19. The maximum atomic E-state index is 11.9. The molecule has 2 N–H and O–H groups in total. The number of aliphatic hydroxyl groups excluding tert-OH is 2. The van der Waals surface area contributed by atoms with E-state index >= 15 is 0 Å². The van der Waals surface area contributed by atoms with Gasteiger partial charge in [-0.3, -0.25) is 9.59 Å². The first-order chi connectivity index (χ1) is 32.7. The minimum absolute atomic E-state index is 0.171. The van der Waals surface area contributed by atoms with Crippen LogP contribution in [0.4, 0.5) is 0 Å². The summed E-state index contributed by atoms with van der Waals surface area (Å²) in [5, 5.41) is 31.4. The summed E-state index contributed by atoms with van der Waals surface area (Å²) in [6, 6.07) is 46.6. The van der Waals surface area contributed by atoms with E-state index in [1.54, 1.807) is 35.1 Å². The second-order valence-corrected chi connectivity index (χ2v) is 16.5. The molecule has 15 nitrogen and oxygen atoms in total. The summed E-state index contributed by atoms with van der Waals surface area (Å²) in [4.78, 5) is 23.5. The number of carbonyl (C=O) groups excluding carboxylic acids is 2. The molecule has 0 spiro atoms. The van der Waals surface area contributed by atoms with Crippen molar-refractivity contribution in [2.75, 3.05) is 13.2 Å². The number of hydrogen-bond acceptors (Lipinski definition) is 14. The molecule has 0 amide bonds. The van der Waals surface area contributed by atoms with Gasteiger partial charge in [0.15, 0.2) is 6.10 Å². The first-order valence-electron chi connectivity index (χ1n) is 22.3. The van der Waals surface area contributed by atoms with Crippen LogP contribution in [0.3, 0.4) is 0 Å². The minimum Gasteiger partial charge on any atom is -0.463 e. The smallest absolute Gasteiger partial charge is 0.303 e. The highest BCUT2D eigenvalue weighted by Gasteiger charge is 2.50. The standard InChI is InChI=1S/C52H55N3O12/c1-34(56)61-33-44-49(65-35(2)57)46(59)45(58)47(66-44)40-23-25-41(26-24-40)55-27-42(53-54-55)48-51(63-30-38-19-11-5-12-20-38)52(64-31-39-21-13-6-14-22-39)50(62-29-37-17-9-4-10-18-37)43(67-48)32-60-28-36-15-7-3-8-16-36/h3-27,43-52,58-59H,28-33H2,1-2H3/t43-,44-,45+,46-,47-,48-,49+,50-,51-,52+/m1/s1. The second kappa shape index (κ2) is 23.0. The third kappa shape index (κ3) is 12.5. The lowest BCUT2D eigenvalue weighted by molar-refractivity contribution is -0.275. The molecule has 350 valence electrons. The minimum atomic E-state index is -1.52. The van der Waals surface area contributed by atoms with E-state index in [0.717, 1.165) is 22.3 Å². The van der Waals surface area contributed by atoms with Crippen LogP contribution in [0.2, 0.25) is 0 Å². The van der Waals surface area contributed by atoms with Crippen molar-refractivity contribution in [3.63, 3.8) is 0 Å². The highest BCUT2D eigenvalue weighted by atomic mass is 16.6. The molecule has 2 aliphatic rings. The van der Waals surface area contributed by atoms with E-state index in [9.17, 15) is 19.8 Å². The lowest BCUT2D eigenvalue weighted by atomic mass is 9.91. The van der Waals surface area contributed by atoms with E-state index in [-0.39, 0.29) is 26.4 Å². The molecule has 0 radical (unpaired) electrons. The monoisotopic (exact) mass is 913 g/mol. The van der Waals surface area contributed by atoms with Gasteiger partial charge in [0.25, 0.3) is 0 Å². The van der Waals surface area contributed by atoms with Gasteiger partial charge in [-0.1, -0.05) is 139 Å². The molecule has 0 unspecified atom stereocenters. The molecule has 10 atom stereocenters. The second-order valence-electron chi connectivity index (χ2n) is 16.5. The molecule has 2 saturated heterocycles. The Balaban J connectivity index is 1.10. The fourth-order valence-electron chi connectivity index (χ4n) is 8.26. The summed E-state index contributed by atoms with van der Waals surface area (Å²) >= 11 is 0. The normalized spacial score (nSPS) is 25.0. The Labute approximate surface area is 389 Å². The van der Waals surface area contributed by atoms with Gasteiger partial charge in [0.1, 0.15) is 67.2 Å². The van der Waals surface area contributed by atoms with Gasteiger partial charge in [-0.05, 0) is 39.9 Å². The van der Waals surface area contributed by atoms with Crippen LogP contribution in [-0.2, 0) is 73.9 Å². The van der Waals surface area contributed by atoms with Crippen LogP contribution < -0.4 is 0 Å². The van der Waals surface area contributed by atoms with Gasteiger partial charge in [0.2, 0.25) is 0 Å². The van der Waals surface area contributed by atoms with Gasteiger partial charge in [0.05, 0.1) is 44.9 Å². The lowest BCUT2D eigenvalue weighted by Crippen LogP contribution is -2.58. The maximum Gasteiger partial charge on any atom is 0.303 e. The molecule has 5 aromatic carbocycles. The summed E-state index contributed by atoms with van der Waals surface area (Å²) in [6.45, 7) is 3.45. The molecular weight excluding hydrogens is 859 g/mol. The zero-order chi connectivity index (χ0) is 46.5. The Morgan fingerprint density at radius 3 is 1.58 bits per heavy atom. The summed E-state index contributed by atoms with van der Waals surface area (Å²) < 4.78 is 52.2. The van der Waals surface area contributed by atoms with Crippen LogP contribution in [-0.4, -0.2) is 99.2 Å². The summed E-state index contributed by atoms with van der Waals surface area (Å²) in [7, 11) is 0. The van der Waals surface area contributed by atoms with Crippen LogP contribution in [0.1, 0.15) is 59.6 Å². The van der Waals surface area contributed by atoms with E-state index in [1.165, 1.54) is 13.8 Å². The first-order valence-corrected chi connectivity index (χ1v) is 22.3. The van der Waals surface area contributed by atoms with Crippen LogP contribution in [0.25, 0.3) is 5.69 Å². The van der Waals surface area contributed by atoms with Crippen molar-refractivity contribution in [3.8, 4) is 5.69 Å². The molecule has 0 saturated carbocycles. The summed E-state index contributed by atoms with van der Waals surface area (Å²) in [6.07, 6.45) is -8.08. The van der Waals surface area contributed by atoms with Crippen LogP contribution in [0.5, 0.6) is 0 Å². The van der Waals surface area contributed by atoms with E-state index in [2.05, 4.69) is 10.3 Å². The third-order valence-electron chi connectivity index (χ3n) is 11.6. The van der Waals surface area contributed by atoms with Crippen molar-refractivity contribution in [2.24, 2.45) is 0 Å². The fraction of sp³-hybridized carbons (Fsp3) is 0.346. The predicted octanol–water partition coefficient (Wildman–Crippen LogP) is 6.34. The Morgan fingerprint density at radius 2 is 1.04 bits per heavy atom. The van der Waals surface area contributed by atoms with Crippen molar-refractivity contribution >= 4 is 11.9 Å². The number of nitrogens with zero attached hydrogens (tertiary/aromatic N) is 3. The summed E-state index contributed by atoms with van der Waals surface area (Å²) in [5.41, 5.74) is 5.53. The van der Waals surface area contributed by atoms with E-state index in [1.807, 2.05) is 121 Å². The average Bonchev–Trinajstić information content (AvgIpc) is 3.85. The quantitative estimate of drug-likeness (QED) is 0.0861. The molecule has 8 rings (SSSR count). The molecule has 3 heterocycles. The number of benzene rings is 5. The van der Waals surface area contributed by atoms with E-state index in [4.69, 9.17) is 37.9 Å². The van der Waals surface area contributed by atoms with Gasteiger partial charge < -0.3 is 48.1 Å². The van der Waals surface area contributed by atoms with Crippen LogP contribution in [0.15, 0.2) is 152 Å². The number of carbonyl (C=O) groups is 2. The highest BCUT2D eigenvalue weighted by Crippen LogP contribution is 2.39. The van der Waals surface area contributed by atoms with Crippen LogP contribution in [0, 0.1) is 0 Å². The molecule has 2 fully saturated rings. The molecule has 1 aromatic heterocycles. The lowest BCUT2D eigenvalue weighted by Gasteiger charge is -2.45. The number of aromatic nitrogens is 3. The Bertz CT molecular complexity index is 2440. The maximum absolute atomic E-state index is 11.9. The Hall–Kier alpha value is -6.14. The molecule has 0 bridgehead atoms. The van der Waals surface area contributed by atoms with Gasteiger partial charge in [0, 0.05) is 13.8 Å². The van der Waals surface area contributed by atoms with Crippen molar-refractivity contribution < 1.29 is 57.7 Å². The molecule has 6 aromatic rings. The SMILES string of the molecule is CC(=O)OC[C@H]1O[C@H](c2ccc(-n3cc([C@H]4O[C@H](COCc5ccccc5)[C@@H](OCc5ccccc5)[C@H](OCc5ccccc5)[C@@H]4OCc4ccccc4)nn3)cc2)[C@@H](O)[C@@H](O)[C@H]1OC(C)=O. The van der Waals surface area contributed by atoms with Crippen molar-refractivity contribution in [3.05, 3.63) is 185 Å². The van der Waals surface area contributed by atoms with Crippen molar-refractivity contribution in [1.29, 1.82) is 0 Å². The number of esters is 2. The van der Waals surface area contributed by atoms with Crippen molar-refractivity contribution in [2.45, 2.75) is 101 Å². The molecule has 15 heteroatoms. The zero-order valence-electron chi connectivity index (χ0n) is 37.3. The summed E-state index contributed by atoms with van der Waals surface area (Å²) in [5.74, 6) is -1.27. The number of ether oxygens (including phenoxy) is 8. The Morgan fingerprint density at radius 1 is 0.552 bits per heavy atom. The highest BCUT2D eigenvalue weighted by molar-refractivity contribution is 5.66. The van der Waals surface area contributed by atoms with Crippen LogP contribution >= 0.6 is 0 Å². The number of hydrogen-bond donors (Lipinski definition) is 2. The van der Waals surface area contributed by atoms with Gasteiger partial charge in [-0.2, -0.15) is 0 Å². The fourth-order valence-corrected chi connectivity index (χ4v) is 8.26. The first kappa shape index (κ1) is 47.4. The number of aliphatic hydroxyl groups is 2. The van der Waals surface area contributed by atoms with Crippen molar-refractivity contribution in [1.82, 2.24) is 15.0 Å². The van der Waals surface area contributed by atoms with Gasteiger partial charge >= 0.3 is 11.9 Å². The zero-order valence-corrected chi connectivity index (χ0v) is 37.3. The molecule has 67 heavy (non-hydrogen) atoms.